The molecule has 1 heterocycles. The van der Waals surface area contributed by atoms with Crippen molar-refractivity contribution < 1.29 is 4.79 Å². The monoisotopic (exact) mass is 450 g/mol. The molecule has 1 saturated heterocycles. The first-order chi connectivity index (χ1) is 15.7. The lowest BCUT2D eigenvalue weighted by Crippen LogP contribution is -2.39. The molecule has 1 fully saturated rings. The highest BCUT2D eigenvalue weighted by Gasteiger charge is 2.19. The van der Waals surface area contributed by atoms with Gasteiger partial charge in [-0.05, 0) is 65.1 Å². The molecule has 0 spiro atoms. The number of unbranched alkanes of at least 4 members (excludes halogenated alkanes) is 13. The Kier molecular flexibility index (Phi) is 19.3. The van der Waals surface area contributed by atoms with Crippen molar-refractivity contribution in [1.82, 2.24) is 9.80 Å². The van der Waals surface area contributed by atoms with E-state index in [1.807, 2.05) is 0 Å². The van der Waals surface area contributed by atoms with Gasteiger partial charge in [-0.3, -0.25) is 4.79 Å². The molecule has 0 bridgehead atoms. The summed E-state index contributed by atoms with van der Waals surface area (Å²) in [6.07, 6.45) is 25.6. The zero-order valence-corrected chi connectivity index (χ0v) is 22.4. The van der Waals surface area contributed by atoms with Gasteiger partial charge in [0.15, 0.2) is 0 Å². The number of carbonyl (C=O) groups is 1. The van der Waals surface area contributed by atoms with Crippen LogP contribution in [0, 0.1) is 0 Å². The molecule has 3 nitrogen and oxygen atoms in total. The van der Waals surface area contributed by atoms with E-state index in [9.17, 15) is 4.79 Å². The van der Waals surface area contributed by atoms with Crippen LogP contribution in [-0.2, 0) is 4.79 Å². The Labute approximate surface area is 202 Å². The Balaban J connectivity index is 2.30. The van der Waals surface area contributed by atoms with Crippen molar-refractivity contribution in [2.24, 2.45) is 0 Å². The molecule has 0 aromatic heterocycles. The third kappa shape index (κ3) is 15.3. The van der Waals surface area contributed by atoms with Gasteiger partial charge in [-0.1, -0.05) is 97.3 Å². The van der Waals surface area contributed by atoms with Crippen LogP contribution in [0.2, 0.25) is 0 Å². The minimum atomic E-state index is 0.414. The van der Waals surface area contributed by atoms with Crippen LogP contribution in [0.3, 0.4) is 0 Å². The first-order valence-electron chi connectivity index (χ1n) is 14.7. The van der Waals surface area contributed by atoms with Gasteiger partial charge < -0.3 is 9.80 Å². The van der Waals surface area contributed by atoms with E-state index in [2.05, 4.69) is 30.6 Å². The first-order valence-corrected chi connectivity index (χ1v) is 14.7. The molecule has 0 radical (unpaired) electrons. The van der Waals surface area contributed by atoms with Crippen LogP contribution in [0.5, 0.6) is 0 Å². The summed E-state index contributed by atoms with van der Waals surface area (Å²) in [6.45, 7) is 11.6. The largest absolute Gasteiger partial charge is 0.340 e. The fraction of sp³-hybridized carbons (Fsp3) is 0.966. The fourth-order valence-electron chi connectivity index (χ4n) is 5.14. The van der Waals surface area contributed by atoms with Crippen LogP contribution in [0.1, 0.15) is 149 Å². The highest BCUT2D eigenvalue weighted by Crippen LogP contribution is 2.17. The average Bonchev–Trinajstić information content (AvgIpc) is 3.31. The Morgan fingerprint density at radius 1 is 0.719 bits per heavy atom. The molecule has 0 saturated carbocycles. The average molecular weight is 451 g/mol. The number of carbonyl (C=O) groups excluding carboxylic acids is 1. The van der Waals surface area contributed by atoms with E-state index in [0.29, 0.717) is 11.9 Å². The van der Waals surface area contributed by atoms with Crippen molar-refractivity contribution in [3.8, 4) is 0 Å². The number of nitrogens with zero attached hydrogens (tertiary/aromatic N) is 2. The molecule has 1 atom stereocenters. The summed E-state index contributed by atoms with van der Waals surface area (Å²) in [6, 6.07) is 0.414. The molecule has 0 aromatic rings. The third-order valence-corrected chi connectivity index (χ3v) is 7.39. The number of amides is 1. The maximum absolute atomic E-state index is 13.1. The Hall–Kier alpha value is -0.570. The van der Waals surface area contributed by atoms with Gasteiger partial charge in [-0.15, -0.1) is 0 Å². The number of likely N-dealkylation sites (tertiary alicyclic amines) is 1. The summed E-state index contributed by atoms with van der Waals surface area (Å²) >= 11 is 0. The van der Waals surface area contributed by atoms with Gasteiger partial charge in [0.25, 0.3) is 0 Å². The van der Waals surface area contributed by atoms with Crippen LogP contribution in [0.4, 0.5) is 0 Å². The molecule has 0 aromatic carbocycles. The second kappa shape index (κ2) is 21.0. The van der Waals surface area contributed by atoms with E-state index < -0.39 is 0 Å². The maximum atomic E-state index is 13.1. The summed E-state index contributed by atoms with van der Waals surface area (Å²) in [5.41, 5.74) is 0. The lowest BCUT2D eigenvalue weighted by molar-refractivity contribution is -0.133. The van der Waals surface area contributed by atoms with Gasteiger partial charge in [-0.25, -0.2) is 0 Å². The zero-order chi connectivity index (χ0) is 23.3. The summed E-state index contributed by atoms with van der Waals surface area (Å²) in [7, 11) is 0. The van der Waals surface area contributed by atoms with Crippen molar-refractivity contribution in [2.45, 2.75) is 155 Å². The van der Waals surface area contributed by atoms with Crippen LogP contribution < -0.4 is 0 Å². The van der Waals surface area contributed by atoms with Gasteiger partial charge in [0.05, 0.1) is 0 Å². The second-order valence-electron chi connectivity index (χ2n) is 10.5. The molecule has 3 heteroatoms. The molecule has 0 aliphatic carbocycles. The minimum Gasteiger partial charge on any atom is -0.340 e. The summed E-state index contributed by atoms with van der Waals surface area (Å²) < 4.78 is 0. The SMILES string of the molecule is CCCCCCCCCCN(C(=O)CCCCN1CCCC1)C(C)CCCCCCCC. The fourth-order valence-corrected chi connectivity index (χ4v) is 5.14. The first kappa shape index (κ1) is 29.5. The molecule has 1 aliphatic rings. The number of hydrogen-bond donors (Lipinski definition) is 0. The van der Waals surface area contributed by atoms with Gasteiger partial charge in [0.2, 0.25) is 5.91 Å². The van der Waals surface area contributed by atoms with E-state index in [-0.39, 0.29) is 0 Å². The van der Waals surface area contributed by atoms with Crippen LogP contribution in [0.25, 0.3) is 0 Å². The van der Waals surface area contributed by atoms with Crippen LogP contribution >= 0.6 is 0 Å². The van der Waals surface area contributed by atoms with Gasteiger partial charge >= 0.3 is 0 Å². The normalized spacial score (nSPS) is 15.3. The van der Waals surface area contributed by atoms with Crippen molar-refractivity contribution in [3.63, 3.8) is 0 Å². The van der Waals surface area contributed by atoms with Crippen LogP contribution in [-0.4, -0.2) is 47.9 Å². The van der Waals surface area contributed by atoms with Gasteiger partial charge in [0.1, 0.15) is 0 Å². The number of rotatable bonds is 22. The lowest BCUT2D eigenvalue weighted by atomic mass is 10.0. The highest BCUT2D eigenvalue weighted by atomic mass is 16.2. The smallest absolute Gasteiger partial charge is 0.222 e. The Bertz CT molecular complexity index is 419. The van der Waals surface area contributed by atoms with E-state index in [1.165, 1.54) is 135 Å². The summed E-state index contributed by atoms with van der Waals surface area (Å²) in [5, 5.41) is 0. The number of hydrogen-bond acceptors (Lipinski definition) is 2. The lowest BCUT2D eigenvalue weighted by Gasteiger charge is -2.30. The van der Waals surface area contributed by atoms with E-state index in [1.54, 1.807) is 0 Å². The summed E-state index contributed by atoms with van der Waals surface area (Å²) in [5.74, 6) is 0.424. The van der Waals surface area contributed by atoms with Crippen molar-refractivity contribution >= 4 is 5.91 Å². The molecule has 0 N–H and O–H groups in total. The molecule has 1 unspecified atom stereocenters. The molecular weight excluding hydrogens is 392 g/mol. The molecule has 32 heavy (non-hydrogen) atoms. The Morgan fingerprint density at radius 2 is 1.25 bits per heavy atom. The molecule has 1 amide bonds. The maximum Gasteiger partial charge on any atom is 0.222 e. The second-order valence-corrected chi connectivity index (χ2v) is 10.5. The summed E-state index contributed by atoms with van der Waals surface area (Å²) in [4.78, 5) is 17.9. The molecular formula is C29H58N2O. The Morgan fingerprint density at radius 3 is 1.84 bits per heavy atom. The van der Waals surface area contributed by atoms with E-state index in [4.69, 9.17) is 0 Å². The van der Waals surface area contributed by atoms with Gasteiger partial charge in [-0.2, -0.15) is 0 Å². The van der Waals surface area contributed by atoms with E-state index in [0.717, 1.165) is 19.4 Å². The third-order valence-electron chi connectivity index (χ3n) is 7.39. The van der Waals surface area contributed by atoms with Gasteiger partial charge in [0, 0.05) is 19.0 Å². The predicted molar refractivity (Wildman–Crippen MR) is 141 cm³/mol. The molecule has 1 aliphatic heterocycles. The molecule has 190 valence electrons. The van der Waals surface area contributed by atoms with E-state index >= 15 is 0 Å². The van der Waals surface area contributed by atoms with Crippen molar-refractivity contribution in [1.29, 1.82) is 0 Å². The van der Waals surface area contributed by atoms with Crippen molar-refractivity contribution in [3.05, 3.63) is 0 Å². The standard InChI is InChI=1S/C29H58N2O/c1-4-6-8-10-12-13-15-18-27-31(28(3)22-16-14-11-9-7-5-2)29(32)23-17-19-24-30-25-20-21-26-30/h28H,4-27H2,1-3H3. The quantitative estimate of drug-likeness (QED) is 0.155. The van der Waals surface area contributed by atoms with Crippen LogP contribution in [0.15, 0.2) is 0 Å². The zero-order valence-electron chi connectivity index (χ0n) is 22.4. The highest BCUT2D eigenvalue weighted by molar-refractivity contribution is 5.76. The molecule has 1 rings (SSSR count). The predicted octanol–water partition coefficient (Wildman–Crippen LogP) is 8.36. The topological polar surface area (TPSA) is 23.6 Å². The van der Waals surface area contributed by atoms with Crippen molar-refractivity contribution in [2.75, 3.05) is 26.2 Å². The minimum absolute atomic E-state index is 0.414.